The normalized spacial score (nSPS) is 17.4. The van der Waals surface area contributed by atoms with E-state index in [9.17, 15) is 14.4 Å². The quantitative estimate of drug-likeness (QED) is 0.151. The number of aliphatic imine (C=N–C) groups is 1. The van der Waals surface area contributed by atoms with E-state index in [1.165, 1.54) is 5.56 Å². The Balaban J connectivity index is 1.39. The monoisotopic (exact) mass is 668 g/mol. The van der Waals surface area contributed by atoms with Crippen molar-refractivity contribution in [3.05, 3.63) is 125 Å². The first kappa shape index (κ1) is 34.8. The first-order valence-corrected chi connectivity index (χ1v) is 18.1. The number of amides is 3. The number of nitrogens with one attached hydrogen (secondary N) is 1. The van der Waals surface area contributed by atoms with Gasteiger partial charge in [-0.2, -0.15) is 0 Å². The SMILES string of the molecule is CCCC[C@H](C(N)=O)[C@@H](CC1CCCC1)C(=O)NC1N=C(c2ccccc2)c2ccccc2N(Cc2cccc(-c3ccc(C)cc3)c2)C1=O. The van der Waals surface area contributed by atoms with Crippen LogP contribution in [0.1, 0.15) is 80.5 Å². The number of benzene rings is 4. The van der Waals surface area contributed by atoms with Crippen LogP contribution in [0.15, 0.2) is 108 Å². The molecule has 0 bridgehead atoms. The van der Waals surface area contributed by atoms with Crippen molar-refractivity contribution in [2.75, 3.05) is 4.90 Å². The number of unbranched alkanes of at least 4 members (excludes halogenated alkanes) is 1. The second kappa shape index (κ2) is 16.1. The Morgan fingerprint density at radius 1 is 0.860 bits per heavy atom. The van der Waals surface area contributed by atoms with Crippen LogP contribution in [0, 0.1) is 24.7 Å². The largest absolute Gasteiger partial charge is 0.369 e. The highest BCUT2D eigenvalue weighted by Gasteiger charge is 2.39. The van der Waals surface area contributed by atoms with Crippen LogP contribution >= 0.6 is 0 Å². The smallest absolute Gasteiger partial charge is 0.272 e. The molecule has 0 saturated heterocycles. The van der Waals surface area contributed by atoms with Gasteiger partial charge in [0.1, 0.15) is 0 Å². The summed E-state index contributed by atoms with van der Waals surface area (Å²) in [6.45, 7) is 4.42. The third-order valence-electron chi connectivity index (χ3n) is 10.3. The van der Waals surface area contributed by atoms with Crippen LogP contribution in [-0.4, -0.2) is 29.6 Å². The lowest BCUT2D eigenvalue weighted by Gasteiger charge is -2.29. The van der Waals surface area contributed by atoms with Gasteiger partial charge in [0.25, 0.3) is 5.91 Å². The van der Waals surface area contributed by atoms with E-state index in [0.717, 1.165) is 72.0 Å². The number of fused-ring (bicyclic) bond motifs is 1. The number of hydrogen-bond acceptors (Lipinski definition) is 4. The molecule has 7 heteroatoms. The number of aryl methyl sites for hydroxylation is 1. The first-order valence-electron chi connectivity index (χ1n) is 18.1. The van der Waals surface area contributed by atoms with Crippen LogP contribution < -0.4 is 16.0 Å². The Morgan fingerprint density at radius 3 is 2.28 bits per heavy atom. The Hall–Kier alpha value is -5.04. The van der Waals surface area contributed by atoms with Gasteiger partial charge in [0.05, 0.1) is 17.9 Å². The molecule has 4 aromatic carbocycles. The van der Waals surface area contributed by atoms with Gasteiger partial charge in [0.15, 0.2) is 0 Å². The molecule has 4 aromatic rings. The van der Waals surface area contributed by atoms with Gasteiger partial charge >= 0.3 is 0 Å². The second-order valence-electron chi connectivity index (χ2n) is 13.9. The van der Waals surface area contributed by atoms with Crippen molar-refractivity contribution >= 4 is 29.1 Å². The van der Waals surface area contributed by atoms with Gasteiger partial charge in [0.2, 0.25) is 18.0 Å². The highest BCUT2D eigenvalue weighted by Crippen LogP contribution is 2.35. The second-order valence-corrected chi connectivity index (χ2v) is 13.9. The number of rotatable bonds is 13. The van der Waals surface area contributed by atoms with Gasteiger partial charge in [-0.05, 0) is 54.5 Å². The maximum absolute atomic E-state index is 14.8. The summed E-state index contributed by atoms with van der Waals surface area (Å²) in [6, 6.07) is 34.2. The van der Waals surface area contributed by atoms with Gasteiger partial charge in [-0.25, -0.2) is 4.99 Å². The number of primary amides is 1. The Kier molecular flexibility index (Phi) is 11.2. The predicted molar refractivity (Wildman–Crippen MR) is 201 cm³/mol. The molecule has 2 aliphatic rings. The summed E-state index contributed by atoms with van der Waals surface area (Å²) >= 11 is 0. The van der Waals surface area contributed by atoms with Gasteiger partial charge < -0.3 is 16.0 Å². The maximum atomic E-state index is 14.8. The lowest BCUT2D eigenvalue weighted by Crippen LogP contribution is -2.50. The molecule has 1 fully saturated rings. The molecule has 1 saturated carbocycles. The summed E-state index contributed by atoms with van der Waals surface area (Å²) < 4.78 is 0. The van der Waals surface area contributed by atoms with E-state index in [1.807, 2.05) is 66.7 Å². The molecule has 3 atom stereocenters. The van der Waals surface area contributed by atoms with Crippen LogP contribution in [0.4, 0.5) is 5.69 Å². The van der Waals surface area contributed by atoms with E-state index in [2.05, 4.69) is 55.6 Å². The molecule has 1 aliphatic heterocycles. The fraction of sp³-hybridized carbons (Fsp3) is 0.349. The van der Waals surface area contributed by atoms with Crippen LogP contribution in [0.3, 0.4) is 0 Å². The van der Waals surface area contributed by atoms with E-state index in [1.54, 1.807) is 4.90 Å². The molecule has 1 heterocycles. The van der Waals surface area contributed by atoms with Gasteiger partial charge in [-0.1, -0.05) is 142 Å². The van der Waals surface area contributed by atoms with Crippen molar-refractivity contribution < 1.29 is 14.4 Å². The van der Waals surface area contributed by atoms with E-state index in [4.69, 9.17) is 10.7 Å². The van der Waals surface area contributed by atoms with Crippen molar-refractivity contribution in [1.82, 2.24) is 5.32 Å². The van der Waals surface area contributed by atoms with Crippen molar-refractivity contribution in [2.45, 2.75) is 77.9 Å². The molecular formula is C43H48N4O3. The number of carbonyl (C=O) groups is 3. The average molecular weight is 669 g/mol. The molecule has 0 spiro atoms. The number of anilines is 1. The zero-order chi connectivity index (χ0) is 35.0. The fourth-order valence-electron chi connectivity index (χ4n) is 7.56. The molecule has 258 valence electrons. The summed E-state index contributed by atoms with van der Waals surface area (Å²) in [4.78, 5) is 48.8. The van der Waals surface area contributed by atoms with E-state index >= 15 is 0 Å². The number of carbonyl (C=O) groups excluding carboxylic acids is 3. The van der Waals surface area contributed by atoms with Crippen molar-refractivity contribution in [3.63, 3.8) is 0 Å². The minimum Gasteiger partial charge on any atom is -0.369 e. The van der Waals surface area contributed by atoms with Gasteiger partial charge in [-0.3, -0.25) is 14.4 Å². The highest BCUT2D eigenvalue weighted by molar-refractivity contribution is 6.20. The van der Waals surface area contributed by atoms with E-state index in [0.29, 0.717) is 24.5 Å². The molecule has 1 unspecified atom stereocenters. The predicted octanol–water partition coefficient (Wildman–Crippen LogP) is 7.98. The van der Waals surface area contributed by atoms with E-state index < -0.39 is 23.9 Å². The third-order valence-corrected chi connectivity index (χ3v) is 10.3. The fourth-order valence-corrected chi connectivity index (χ4v) is 7.56. The van der Waals surface area contributed by atoms with Crippen LogP contribution in [0.5, 0.6) is 0 Å². The number of nitrogens with zero attached hydrogens (tertiary/aromatic N) is 2. The minimum absolute atomic E-state index is 0.283. The summed E-state index contributed by atoms with van der Waals surface area (Å²) in [5.41, 5.74) is 13.3. The number of nitrogens with two attached hydrogens (primary N) is 1. The zero-order valence-corrected chi connectivity index (χ0v) is 29.2. The zero-order valence-electron chi connectivity index (χ0n) is 29.2. The Bertz CT molecular complexity index is 1830. The lowest BCUT2D eigenvalue weighted by molar-refractivity contribution is -0.136. The van der Waals surface area contributed by atoms with Crippen molar-refractivity contribution in [1.29, 1.82) is 0 Å². The molecule has 50 heavy (non-hydrogen) atoms. The number of para-hydroxylation sites is 1. The molecule has 6 rings (SSSR count). The van der Waals surface area contributed by atoms with Crippen LogP contribution in [0.2, 0.25) is 0 Å². The number of hydrogen-bond donors (Lipinski definition) is 2. The summed E-state index contributed by atoms with van der Waals surface area (Å²) in [7, 11) is 0. The lowest BCUT2D eigenvalue weighted by atomic mass is 9.80. The average Bonchev–Trinajstić information content (AvgIpc) is 3.62. The summed E-state index contributed by atoms with van der Waals surface area (Å²) in [5.74, 6) is -2.01. The summed E-state index contributed by atoms with van der Waals surface area (Å²) in [5, 5.41) is 3.06. The van der Waals surface area contributed by atoms with Crippen molar-refractivity contribution in [3.8, 4) is 11.1 Å². The standard InChI is InChI=1S/C43H48N4O3/c1-3-4-19-35(40(44)48)37(27-30-13-8-9-14-30)42(49)46-41-43(50)47(28-31-15-12-18-34(26-31)32-24-22-29(2)23-25-32)38-21-11-10-20-36(38)39(45-41)33-16-6-5-7-17-33/h5-7,10-12,15-18,20-26,30,35,37,41H,3-4,8-9,13-14,19,27-28H2,1-2H3,(H2,44,48)(H,46,49)/t35-,37+,41?/m0/s1. The van der Waals surface area contributed by atoms with Crippen LogP contribution in [0.25, 0.3) is 11.1 Å². The molecule has 1 aliphatic carbocycles. The first-order chi connectivity index (χ1) is 24.3. The van der Waals surface area contributed by atoms with Gasteiger partial charge in [-0.15, -0.1) is 0 Å². The van der Waals surface area contributed by atoms with E-state index in [-0.39, 0.29) is 18.4 Å². The molecule has 7 nitrogen and oxygen atoms in total. The van der Waals surface area contributed by atoms with Gasteiger partial charge in [0, 0.05) is 23.0 Å². The third kappa shape index (κ3) is 8.05. The summed E-state index contributed by atoms with van der Waals surface area (Å²) in [6.07, 6.45) is 5.93. The van der Waals surface area contributed by atoms with Crippen molar-refractivity contribution in [2.24, 2.45) is 28.5 Å². The Labute approximate surface area is 296 Å². The minimum atomic E-state index is -1.20. The topological polar surface area (TPSA) is 105 Å². The Morgan fingerprint density at radius 2 is 1.56 bits per heavy atom. The molecule has 3 N–H and O–H groups in total. The highest BCUT2D eigenvalue weighted by atomic mass is 16.2. The number of benzodiazepines with no additional fused rings is 1. The maximum Gasteiger partial charge on any atom is 0.272 e. The molecule has 0 radical (unpaired) electrons. The molecule has 3 amide bonds. The molecule has 0 aromatic heterocycles. The molecular weight excluding hydrogens is 620 g/mol. The van der Waals surface area contributed by atoms with Crippen LogP contribution in [-0.2, 0) is 20.9 Å².